The van der Waals surface area contributed by atoms with Gasteiger partial charge in [-0.1, -0.05) is 13.8 Å². The van der Waals surface area contributed by atoms with Gasteiger partial charge in [0.2, 0.25) is 0 Å². The van der Waals surface area contributed by atoms with E-state index in [0.717, 1.165) is 17.7 Å². The van der Waals surface area contributed by atoms with Crippen LogP contribution in [0.15, 0.2) is 18.2 Å². The largest absolute Gasteiger partial charge is 0.350 e. The van der Waals surface area contributed by atoms with Crippen molar-refractivity contribution in [2.45, 2.75) is 40.2 Å². The molecular weight excluding hydrogens is 226 g/mol. The van der Waals surface area contributed by atoms with E-state index in [4.69, 9.17) is 5.84 Å². The third kappa shape index (κ3) is 4.04. The molecule has 1 amide bonds. The second kappa shape index (κ2) is 6.40. The van der Waals surface area contributed by atoms with E-state index in [1.807, 2.05) is 26.0 Å². The number of nitrogen functional groups attached to an aromatic ring is 1. The van der Waals surface area contributed by atoms with Crippen molar-refractivity contribution in [2.24, 2.45) is 11.8 Å². The number of aryl methyl sites for hydroxylation is 1. The van der Waals surface area contributed by atoms with E-state index in [2.05, 4.69) is 24.6 Å². The molecule has 4 nitrogen and oxygen atoms in total. The van der Waals surface area contributed by atoms with Crippen LogP contribution in [0, 0.1) is 12.8 Å². The molecule has 0 spiro atoms. The van der Waals surface area contributed by atoms with E-state index >= 15 is 0 Å². The molecule has 1 atom stereocenters. The zero-order valence-electron chi connectivity index (χ0n) is 11.6. The first kappa shape index (κ1) is 14.5. The number of hydrazine groups is 1. The fourth-order valence-electron chi connectivity index (χ4n) is 2.04. The van der Waals surface area contributed by atoms with Gasteiger partial charge in [0.05, 0.1) is 5.69 Å². The van der Waals surface area contributed by atoms with Crippen molar-refractivity contribution in [1.29, 1.82) is 0 Å². The van der Waals surface area contributed by atoms with Gasteiger partial charge in [0.15, 0.2) is 0 Å². The Kier molecular flexibility index (Phi) is 5.16. The lowest BCUT2D eigenvalue weighted by Crippen LogP contribution is -2.33. The molecule has 0 fully saturated rings. The molecule has 0 bridgehead atoms. The number of hydrogen-bond acceptors (Lipinski definition) is 3. The van der Waals surface area contributed by atoms with Gasteiger partial charge in [0, 0.05) is 11.6 Å². The minimum atomic E-state index is -0.0326. The topological polar surface area (TPSA) is 67.2 Å². The molecule has 0 aromatic heterocycles. The molecule has 1 unspecified atom stereocenters. The predicted molar refractivity (Wildman–Crippen MR) is 75.4 cm³/mol. The smallest absolute Gasteiger partial charge is 0.251 e. The molecule has 0 aliphatic heterocycles. The lowest BCUT2D eigenvalue weighted by atomic mass is 10.0. The van der Waals surface area contributed by atoms with Crippen LogP contribution < -0.4 is 16.6 Å². The first-order chi connectivity index (χ1) is 8.43. The molecule has 4 N–H and O–H groups in total. The monoisotopic (exact) mass is 249 g/mol. The normalized spacial score (nSPS) is 12.3. The van der Waals surface area contributed by atoms with Crippen molar-refractivity contribution in [3.05, 3.63) is 29.3 Å². The molecule has 100 valence electrons. The number of hydrogen-bond donors (Lipinski definition) is 3. The van der Waals surface area contributed by atoms with Gasteiger partial charge in [0.25, 0.3) is 5.91 Å². The number of rotatable bonds is 5. The molecular formula is C14H23N3O. The molecule has 18 heavy (non-hydrogen) atoms. The Balaban J connectivity index is 2.70. The Morgan fingerprint density at radius 3 is 2.50 bits per heavy atom. The van der Waals surface area contributed by atoms with Gasteiger partial charge in [0.1, 0.15) is 0 Å². The van der Waals surface area contributed by atoms with Crippen LogP contribution in [-0.4, -0.2) is 11.9 Å². The molecule has 1 rings (SSSR count). The van der Waals surface area contributed by atoms with E-state index in [1.54, 1.807) is 6.07 Å². The van der Waals surface area contributed by atoms with Crippen molar-refractivity contribution >= 4 is 11.6 Å². The van der Waals surface area contributed by atoms with Crippen LogP contribution in [0.4, 0.5) is 5.69 Å². The second-order valence-electron chi connectivity index (χ2n) is 5.18. The van der Waals surface area contributed by atoms with Gasteiger partial charge >= 0.3 is 0 Å². The number of amides is 1. The molecule has 0 saturated carbocycles. The minimum Gasteiger partial charge on any atom is -0.350 e. The van der Waals surface area contributed by atoms with Gasteiger partial charge in [-0.3, -0.25) is 10.6 Å². The SMILES string of the molecule is Cc1cc(C(=O)NC(C)CC(C)C)ccc1NN. The summed E-state index contributed by atoms with van der Waals surface area (Å²) in [5.41, 5.74) is 5.06. The highest BCUT2D eigenvalue weighted by atomic mass is 16.1. The number of benzene rings is 1. The lowest BCUT2D eigenvalue weighted by molar-refractivity contribution is 0.0936. The van der Waals surface area contributed by atoms with Crippen LogP contribution in [0.2, 0.25) is 0 Å². The summed E-state index contributed by atoms with van der Waals surface area (Å²) in [6.07, 6.45) is 0.979. The number of carbonyl (C=O) groups excluding carboxylic acids is 1. The lowest BCUT2D eigenvalue weighted by Gasteiger charge is -2.16. The summed E-state index contributed by atoms with van der Waals surface area (Å²) in [6, 6.07) is 5.62. The van der Waals surface area contributed by atoms with Crippen molar-refractivity contribution < 1.29 is 4.79 Å². The van der Waals surface area contributed by atoms with Crippen LogP contribution in [-0.2, 0) is 0 Å². The van der Waals surface area contributed by atoms with Crippen LogP contribution in [0.3, 0.4) is 0 Å². The molecule has 0 heterocycles. The second-order valence-corrected chi connectivity index (χ2v) is 5.18. The summed E-state index contributed by atoms with van der Waals surface area (Å²) in [4.78, 5) is 12.0. The van der Waals surface area contributed by atoms with E-state index in [1.165, 1.54) is 0 Å². The van der Waals surface area contributed by atoms with Gasteiger partial charge in [-0.05, 0) is 49.9 Å². The maximum atomic E-state index is 12.0. The van der Waals surface area contributed by atoms with Crippen molar-refractivity contribution in [3.63, 3.8) is 0 Å². The van der Waals surface area contributed by atoms with Gasteiger partial charge in [-0.2, -0.15) is 0 Å². The first-order valence-corrected chi connectivity index (χ1v) is 6.32. The third-order valence-electron chi connectivity index (χ3n) is 2.85. The summed E-state index contributed by atoms with van der Waals surface area (Å²) in [5.74, 6) is 5.90. The fraction of sp³-hybridized carbons (Fsp3) is 0.500. The molecule has 0 aliphatic carbocycles. The predicted octanol–water partition coefficient (Wildman–Crippen LogP) is 2.45. The van der Waals surface area contributed by atoms with Crippen LogP contribution in [0.25, 0.3) is 0 Å². The first-order valence-electron chi connectivity index (χ1n) is 6.32. The average molecular weight is 249 g/mol. The Bertz CT molecular complexity index is 416. The highest BCUT2D eigenvalue weighted by Crippen LogP contribution is 2.15. The van der Waals surface area contributed by atoms with E-state index in [-0.39, 0.29) is 11.9 Å². The molecule has 4 heteroatoms. The fourth-order valence-corrected chi connectivity index (χ4v) is 2.04. The number of carbonyl (C=O) groups is 1. The molecule has 0 saturated heterocycles. The Morgan fingerprint density at radius 1 is 1.33 bits per heavy atom. The maximum absolute atomic E-state index is 12.0. The Hall–Kier alpha value is -1.55. The quantitative estimate of drug-likeness (QED) is 0.554. The van der Waals surface area contributed by atoms with Gasteiger partial charge in [-0.15, -0.1) is 0 Å². The van der Waals surface area contributed by atoms with Crippen LogP contribution in [0.1, 0.15) is 43.1 Å². The van der Waals surface area contributed by atoms with E-state index < -0.39 is 0 Å². The number of anilines is 1. The zero-order chi connectivity index (χ0) is 13.7. The molecule has 1 aromatic rings. The van der Waals surface area contributed by atoms with Crippen molar-refractivity contribution in [1.82, 2.24) is 5.32 Å². The summed E-state index contributed by atoms with van der Waals surface area (Å²) in [7, 11) is 0. The molecule has 1 aromatic carbocycles. The van der Waals surface area contributed by atoms with Crippen molar-refractivity contribution in [3.8, 4) is 0 Å². The van der Waals surface area contributed by atoms with E-state index in [9.17, 15) is 4.79 Å². The summed E-state index contributed by atoms with van der Waals surface area (Å²) < 4.78 is 0. The average Bonchev–Trinajstić information content (AvgIpc) is 2.27. The molecule has 0 radical (unpaired) electrons. The Morgan fingerprint density at radius 2 is 2.00 bits per heavy atom. The highest BCUT2D eigenvalue weighted by Gasteiger charge is 2.11. The Labute approximate surface area is 109 Å². The van der Waals surface area contributed by atoms with E-state index in [0.29, 0.717) is 11.5 Å². The summed E-state index contributed by atoms with van der Waals surface area (Å²) >= 11 is 0. The third-order valence-corrected chi connectivity index (χ3v) is 2.85. The standard InChI is InChI=1S/C14H23N3O/c1-9(2)7-11(4)16-14(18)12-5-6-13(17-15)10(3)8-12/h5-6,8-9,11,17H,7,15H2,1-4H3,(H,16,18). The maximum Gasteiger partial charge on any atom is 0.251 e. The van der Waals surface area contributed by atoms with Gasteiger partial charge < -0.3 is 10.7 Å². The van der Waals surface area contributed by atoms with Gasteiger partial charge in [-0.25, -0.2) is 0 Å². The summed E-state index contributed by atoms with van der Waals surface area (Å²) in [5, 5.41) is 3.00. The number of nitrogens with one attached hydrogen (secondary N) is 2. The van der Waals surface area contributed by atoms with Crippen LogP contribution in [0.5, 0.6) is 0 Å². The number of nitrogens with two attached hydrogens (primary N) is 1. The summed E-state index contributed by atoms with van der Waals surface area (Å²) in [6.45, 7) is 8.24. The molecule has 0 aliphatic rings. The van der Waals surface area contributed by atoms with Crippen LogP contribution >= 0.6 is 0 Å². The zero-order valence-corrected chi connectivity index (χ0v) is 11.6. The highest BCUT2D eigenvalue weighted by molar-refractivity contribution is 5.95. The van der Waals surface area contributed by atoms with Crippen molar-refractivity contribution in [2.75, 3.05) is 5.43 Å². The minimum absolute atomic E-state index is 0.0326.